The first kappa shape index (κ1) is 17.0. The zero-order valence-electron chi connectivity index (χ0n) is 15.1. The predicted molar refractivity (Wildman–Crippen MR) is 101 cm³/mol. The van der Waals surface area contributed by atoms with E-state index in [0.717, 1.165) is 33.9 Å². The maximum atomic E-state index is 12.5. The molecule has 1 N–H and O–H groups in total. The summed E-state index contributed by atoms with van der Waals surface area (Å²) in [4.78, 5) is 12.5. The van der Waals surface area contributed by atoms with Crippen molar-refractivity contribution in [1.29, 1.82) is 0 Å². The van der Waals surface area contributed by atoms with E-state index >= 15 is 0 Å². The second-order valence-electron chi connectivity index (χ2n) is 6.37. The van der Waals surface area contributed by atoms with Crippen LogP contribution in [0.2, 0.25) is 0 Å². The van der Waals surface area contributed by atoms with E-state index in [0.29, 0.717) is 6.42 Å². The molecule has 0 radical (unpaired) electrons. The van der Waals surface area contributed by atoms with Gasteiger partial charge in [-0.05, 0) is 57.0 Å². The molecule has 3 aromatic rings. The maximum absolute atomic E-state index is 12.5. The monoisotopic (exact) mass is 333 g/mol. The lowest BCUT2D eigenvalue weighted by Gasteiger charge is -2.10. The van der Waals surface area contributed by atoms with Gasteiger partial charge in [0.05, 0.1) is 17.8 Å². The van der Waals surface area contributed by atoms with E-state index in [1.54, 1.807) is 0 Å². The molecule has 1 amide bonds. The molecule has 0 saturated carbocycles. The van der Waals surface area contributed by atoms with Crippen LogP contribution in [0.15, 0.2) is 48.5 Å². The second-order valence-corrected chi connectivity index (χ2v) is 6.37. The maximum Gasteiger partial charge on any atom is 0.228 e. The van der Waals surface area contributed by atoms with Crippen LogP contribution < -0.4 is 5.32 Å². The molecular weight excluding hydrogens is 310 g/mol. The number of hydrogen-bond acceptors (Lipinski definition) is 2. The minimum atomic E-state index is -0.0208. The summed E-state index contributed by atoms with van der Waals surface area (Å²) in [5.74, 6) is -0.0208. The number of carbonyl (C=O) groups is 1. The zero-order chi connectivity index (χ0) is 18.0. The summed E-state index contributed by atoms with van der Waals surface area (Å²) in [7, 11) is 0. The van der Waals surface area contributed by atoms with Crippen LogP contribution in [0.3, 0.4) is 0 Å². The molecule has 4 heteroatoms. The normalized spacial score (nSPS) is 10.7. The molecule has 0 fully saturated rings. The number of para-hydroxylation sites is 1. The molecule has 1 aromatic heterocycles. The van der Waals surface area contributed by atoms with Crippen LogP contribution in [-0.2, 0) is 11.2 Å². The fourth-order valence-electron chi connectivity index (χ4n) is 2.99. The zero-order valence-corrected chi connectivity index (χ0v) is 15.1. The van der Waals surface area contributed by atoms with Crippen molar-refractivity contribution in [3.05, 3.63) is 76.6 Å². The van der Waals surface area contributed by atoms with Gasteiger partial charge in [0.15, 0.2) is 0 Å². The molecule has 0 spiro atoms. The van der Waals surface area contributed by atoms with E-state index in [9.17, 15) is 4.79 Å². The van der Waals surface area contributed by atoms with Gasteiger partial charge in [0.2, 0.25) is 5.91 Å². The number of amides is 1. The summed E-state index contributed by atoms with van der Waals surface area (Å²) in [5, 5.41) is 7.64. The fraction of sp³-hybridized carbons (Fsp3) is 0.238. The Morgan fingerprint density at radius 2 is 1.72 bits per heavy atom. The van der Waals surface area contributed by atoms with Gasteiger partial charge in [0, 0.05) is 16.9 Å². The summed E-state index contributed by atoms with van der Waals surface area (Å²) in [6, 6.07) is 15.9. The van der Waals surface area contributed by atoms with Crippen molar-refractivity contribution in [1.82, 2.24) is 9.78 Å². The Kier molecular flexibility index (Phi) is 4.70. The van der Waals surface area contributed by atoms with Gasteiger partial charge in [-0.2, -0.15) is 5.10 Å². The number of carbonyl (C=O) groups excluding carboxylic acids is 1. The van der Waals surface area contributed by atoms with Gasteiger partial charge in [-0.15, -0.1) is 0 Å². The van der Waals surface area contributed by atoms with E-state index in [1.165, 1.54) is 5.56 Å². The molecule has 0 aliphatic carbocycles. The number of benzene rings is 2. The number of anilines is 1. The molecule has 0 atom stereocenters. The molecule has 4 nitrogen and oxygen atoms in total. The van der Waals surface area contributed by atoms with Crippen LogP contribution in [0.25, 0.3) is 5.69 Å². The van der Waals surface area contributed by atoms with Crippen LogP contribution in [-0.4, -0.2) is 15.7 Å². The van der Waals surface area contributed by atoms with Crippen molar-refractivity contribution < 1.29 is 4.79 Å². The lowest BCUT2D eigenvalue weighted by atomic mass is 10.1. The quantitative estimate of drug-likeness (QED) is 0.774. The first-order valence-corrected chi connectivity index (χ1v) is 8.44. The highest BCUT2D eigenvalue weighted by Gasteiger charge is 2.16. The Balaban J connectivity index is 1.82. The summed E-state index contributed by atoms with van der Waals surface area (Å²) in [6.45, 7) is 8.03. The largest absolute Gasteiger partial charge is 0.326 e. The van der Waals surface area contributed by atoms with Gasteiger partial charge in [0.25, 0.3) is 0 Å². The van der Waals surface area contributed by atoms with Gasteiger partial charge in [0.1, 0.15) is 0 Å². The van der Waals surface area contributed by atoms with Gasteiger partial charge in [-0.25, -0.2) is 4.68 Å². The van der Waals surface area contributed by atoms with Crippen LogP contribution in [0.5, 0.6) is 0 Å². The van der Waals surface area contributed by atoms with Gasteiger partial charge >= 0.3 is 0 Å². The van der Waals surface area contributed by atoms with Gasteiger partial charge in [-0.3, -0.25) is 4.79 Å². The summed E-state index contributed by atoms with van der Waals surface area (Å²) >= 11 is 0. The number of nitrogens with one attached hydrogen (secondary N) is 1. The Morgan fingerprint density at radius 1 is 1.00 bits per heavy atom. The van der Waals surface area contributed by atoms with Crippen molar-refractivity contribution in [2.45, 2.75) is 34.1 Å². The number of nitrogens with zero attached hydrogens (tertiary/aromatic N) is 2. The number of aryl methyl sites for hydroxylation is 2. The van der Waals surface area contributed by atoms with E-state index in [-0.39, 0.29) is 5.91 Å². The molecular formula is C21H23N3O. The third-order valence-electron chi connectivity index (χ3n) is 4.66. The van der Waals surface area contributed by atoms with E-state index in [2.05, 4.69) is 10.4 Å². The first-order chi connectivity index (χ1) is 12.0. The smallest absolute Gasteiger partial charge is 0.228 e. The SMILES string of the molecule is Cc1cccc(NC(=O)Cc2c(C)nn(-c3ccccc3)c2C)c1C. The second kappa shape index (κ2) is 6.93. The molecule has 0 bridgehead atoms. The molecule has 0 aliphatic heterocycles. The van der Waals surface area contributed by atoms with Crippen molar-refractivity contribution in [3.8, 4) is 5.69 Å². The van der Waals surface area contributed by atoms with Gasteiger partial charge < -0.3 is 5.32 Å². The molecule has 3 rings (SSSR count). The summed E-state index contributed by atoms with van der Waals surface area (Å²) in [6.07, 6.45) is 0.317. The average molecular weight is 333 g/mol. The van der Waals surface area contributed by atoms with Crippen molar-refractivity contribution >= 4 is 11.6 Å². The lowest BCUT2D eigenvalue weighted by molar-refractivity contribution is -0.115. The Labute approximate surface area is 148 Å². The summed E-state index contributed by atoms with van der Waals surface area (Å²) in [5.41, 5.74) is 7.01. The molecule has 0 saturated heterocycles. The predicted octanol–water partition coefficient (Wildman–Crippen LogP) is 4.29. The average Bonchev–Trinajstić information content (AvgIpc) is 2.88. The molecule has 128 valence electrons. The molecule has 0 unspecified atom stereocenters. The van der Waals surface area contributed by atoms with Gasteiger partial charge in [-0.1, -0.05) is 30.3 Å². The number of hydrogen-bond donors (Lipinski definition) is 1. The molecule has 0 aliphatic rings. The van der Waals surface area contributed by atoms with E-state index in [4.69, 9.17) is 0 Å². The van der Waals surface area contributed by atoms with E-state index in [1.807, 2.05) is 80.9 Å². The Hall–Kier alpha value is -2.88. The number of aromatic nitrogens is 2. The van der Waals surface area contributed by atoms with Crippen molar-refractivity contribution in [2.75, 3.05) is 5.32 Å². The van der Waals surface area contributed by atoms with Crippen LogP contribution in [0, 0.1) is 27.7 Å². The Morgan fingerprint density at radius 3 is 2.44 bits per heavy atom. The molecule has 25 heavy (non-hydrogen) atoms. The molecule has 1 heterocycles. The summed E-state index contributed by atoms with van der Waals surface area (Å²) < 4.78 is 1.90. The van der Waals surface area contributed by atoms with Crippen molar-refractivity contribution in [2.24, 2.45) is 0 Å². The minimum Gasteiger partial charge on any atom is -0.326 e. The van der Waals surface area contributed by atoms with Crippen LogP contribution in [0.1, 0.15) is 28.1 Å². The highest BCUT2D eigenvalue weighted by Crippen LogP contribution is 2.21. The highest BCUT2D eigenvalue weighted by atomic mass is 16.1. The lowest BCUT2D eigenvalue weighted by Crippen LogP contribution is -2.16. The third kappa shape index (κ3) is 3.48. The standard InChI is InChI=1S/C21H23N3O/c1-14-9-8-12-20(15(14)2)22-21(25)13-19-16(3)23-24(17(19)4)18-10-6-5-7-11-18/h5-12H,13H2,1-4H3,(H,22,25). The number of rotatable bonds is 4. The van der Waals surface area contributed by atoms with Crippen LogP contribution >= 0.6 is 0 Å². The Bertz CT molecular complexity index is 910. The minimum absolute atomic E-state index is 0.0208. The topological polar surface area (TPSA) is 46.9 Å². The van der Waals surface area contributed by atoms with E-state index < -0.39 is 0 Å². The molecule has 2 aromatic carbocycles. The third-order valence-corrected chi connectivity index (χ3v) is 4.66. The fourth-order valence-corrected chi connectivity index (χ4v) is 2.99. The van der Waals surface area contributed by atoms with Crippen LogP contribution in [0.4, 0.5) is 5.69 Å². The highest BCUT2D eigenvalue weighted by molar-refractivity contribution is 5.93. The first-order valence-electron chi connectivity index (χ1n) is 8.44. The van der Waals surface area contributed by atoms with Crippen molar-refractivity contribution in [3.63, 3.8) is 0 Å².